The first kappa shape index (κ1) is 19.4. The molecule has 0 N–H and O–H groups in total. The summed E-state index contributed by atoms with van der Waals surface area (Å²) in [4.78, 5) is 4.52. The molecule has 2 aromatic rings. The van der Waals surface area contributed by atoms with E-state index in [4.69, 9.17) is 11.6 Å². The number of halogens is 1. The monoisotopic (exact) mass is 421 g/mol. The Bertz CT molecular complexity index is 930. The van der Waals surface area contributed by atoms with Crippen LogP contribution in [0.4, 0.5) is 11.6 Å². The topological polar surface area (TPSA) is 69.6 Å². The quantitative estimate of drug-likeness (QED) is 0.755. The van der Waals surface area contributed by atoms with Crippen LogP contribution in [0, 0.1) is 0 Å². The number of benzene rings is 1. The van der Waals surface area contributed by atoms with E-state index in [9.17, 15) is 8.42 Å². The average molecular weight is 422 g/mol. The van der Waals surface area contributed by atoms with Crippen molar-refractivity contribution in [1.29, 1.82) is 0 Å². The third kappa shape index (κ3) is 3.68. The highest BCUT2D eigenvalue weighted by Gasteiger charge is 2.30. The Labute approximate surface area is 171 Å². The normalized spacial score (nSPS) is 21.3. The third-order valence-corrected chi connectivity index (χ3v) is 7.90. The summed E-state index contributed by atoms with van der Waals surface area (Å²) in [5.41, 5.74) is 0. The second-order valence-corrected chi connectivity index (χ2v) is 9.57. The zero-order valence-corrected chi connectivity index (χ0v) is 17.4. The van der Waals surface area contributed by atoms with Crippen LogP contribution in [-0.2, 0) is 10.0 Å². The van der Waals surface area contributed by atoms with Crippen LogP contribution >= 0.6 is 11.6 Å². The van der Waals surface area contributed by atoms with Crippen LogP contribution in [0.2, 0.25) is 5.02 Å². The minimum atomic E-state index is -3.59. The van der Waals surface area contributed by atoms with Gasteiger partial charge in [-0.1, -0.05) is 23.7 Å². The fraction of sp³-hybridized carbons (Fsp3) is 0.474. The van der Waals surface area contributed by atoms with Crippen LogP contribution < -0.4 is 9.80 Å². The van der Waals surface area contributed by atoms with E-state index >= 15 is 0 Å². The van der Waals surface area contributed by atoms with Crippen molar-refractivity contribution in [3.8, 4) is 0 Å². The lowest BCUT2D eigenvalue weighted by atomic mass is 10.2. The summed E-state index contributed by atoms with van der Waals surface area (Å²) in [5, 5.41) is 9.04. The lowest BCUT2D eigenvalue weighted by Gasteiger charge is -2.34. The molecular weight excluding hydrogens is 398 g/mol. The van der Waals surface area contributed by atoms with Crippen molar-refractivity contribution in [2.24, 2.45) is 0 Å². The molecular formula is C19H24ClN5O2S. The maximum Gasteiger partial charge on any atom is 0.244 e. The fourth-order valence-electron chi connectivity index (χ4n) is 3.86. The number of piperazine rings is 1. The van der Waals surface area contributed by atoms with Gasteiger partial charge in [-0.05, 0) is 44.0 Å². The van der Waals surface area contributed by atoms with Gasteiger partial charge in [0.1, 0.15) is 4.90 Å². The molecule has 3 heterocycles. The zero-order valence-electron chi connectivity index (χ0n) is 15.8. The largest absolute Gasteiger partial charge is 0.352 e. The number of aromatic nitrogens is 2. The highest BCUT2D eigenvalue weighted by molar-refractivity contribution is 7.89. The Morgan fingerprint density at radius 3 is 2.25 bits per heavy atom. The second kappa shape index (κ2) is 7.85. The predicted octanol–water partition coefficient (Wildman–Crippen LogP) is 2.63. The molecule has 1 aromatic carbocycles. The molecule has 0 saturated carbocycles. The number of rotatable bonds is 4. The van der Waals surface area contributed by atoms with E-state index in [1.165, 1.54) is 17.1 Å². The van der Waals surface area contributed by atoms with Gasteiger partial charge in [0.2, 0.25) is 10.0 Å². The summed E-state index contributed by atoms with van der Waals surface area (Å²) >= 11 is 6.09. The summed E-state index contributed by atoms with van der Waals surface area (Å²) in [6.45, 7) is 5.14. The van der Waals surface area contributed by atoms with Gasteiger partial charge in [0.05, 0.1) is 5.02 Å². The van der Waals surface area contributed by atoms with Crippen molar-refractivity contribution in [2.45, 2.75) is 30.7 Å². The molecule has 0 aliphatic carbocycles. The van der Waals surface area contributed by atoms with E-state index < -0.39 is 10.0 Å². The average Bonchev–Trinajstić information content (AvgIpc) is 3.14. The molecule has 0 spiro atoms. The van der Waals surface area contributed by atoms with Crippen LogP contribution in [0.1, 0.15) is 19.8 Å². The van der Waals surface area contributed by atoms with Crippen LogP contribution in [-0.4, -0.2) is 61.7 Å². The predicted molar refractivity (Wildman–Crippen MR) is 110 cm³/mol. The maximum absolute atomic E-state index is 12.9. The van der Waals surface area contributed by atoms with Gasteiger partial charge in [0.25, 0.3) is 0 Å². The minimum Gasteiger partial charge on any atom is -0.352 e. The summed E-state index contributed by atoms with van der Waals surface area (Å²) in [7, 11) is -3.59. The second-order valence-electron chi connectivity index (χ2n) is 7.26. The molecule has 2 saturated heterocycles. The summed E-state index contributed by atoms with van der Waals surface area (Å²) in [5.74, 6) is 1.69. The molecule has 2 aliphatic heterocycles. The minimum absolute atomic E-state index is 0.161. The van der Waals surface area contributed by atoms with E-state index in [-0.39, 0.29) is 9.92 Å². The fourth-order valence-corrected chi connectivity index (χ4v) is 5.78. The molecule has 7 nitrogen and oxygen atoms in total. The van der Waals surface area contributed by atoms with Gasteiger partial charge in [-0.3, -0.25) is 0 Å². The van der Waals surface area contributed by atoms with Crippen LogP contribution in [0.15, 0.2) is 41.3 Å². The smallest absolute Gasteiger partial charge is 0.244 e. The van der Waals surface area contributed by atoms with E-state index in [0.717, 1.165) is 18.2 Å². The summed E-state index contributed by atoms with van der Waals surface area (Å²) in [6, 6.07) is 11.1. The van der Waals surface area contributed by atoms with Crippen molar-refractivity contribution in [2.75, 3.05) is 42.5 Å². The molecule has 28 heavy (non-hydrogen) atoms. The van der Waals surface area contributed by atoms with Gasteiger partial charge < -0.3 is 9.80 Å². The van der Waals surface area contributed by atoms with E-state index in [2.05, 4.69) is 26.9 Å². The summed E-state index contributed by atoms with van der Waals surface area (Å²) in [6.07, 6.45) is 2.37. The lowest BCUT2D eigenvalue weighted by molar-refractivity contribution is 0.383. The van der Waals surface area contributed by atoms with E-state index in [1.807, 2.05) is 12.1 Å². The molecule has 1 atom stereocenters. The lowest BCUT2D eigenvalue weighted by Crippen LogP contribution is -2.49. The van der Waals surface area contributed by atoms with Crippen molar-refractivity contribution in [3.05, 3.63) is 41.4 Å². The highest BCUT2D eigenvalue weighted by atomic mass is 35.5. The van der Waals surface area contributed by atoms with Gasteiger partial charge in [-0.15, -0.1) is 10.2 Å². The van der Waals surface area contributed by atoms with Gasteiger partial charge >= 0.3 is 0 Å². The highest BCUT2D eigenvalue weighted by Crippen LogP contribution is 2.27. The van der Waals surface area contributed by atoms with Gasteiger partial charge in [-0.2, -0.15) is 4.31 Å². The molecule has 9 heteroatoms. The molecule has 4 rings (SSSR count). The Morgan fingerprint density at radius 2 is 1.64 bits per heavy atom. The number of hydrogen-bond acceptors (Lipinski definition) is 6. The van der Waals surface area contributed by atoms with Crippen LogP contribution in [0.25, 0.3) is 0 Å². The molecule has 2 fully saturated rings. The van der Waals surface area contributed by atoms with Crippen LogP contribution in [0.5, 0.6) is 0 Å². The van der Waals surface area contributed by atoms with Crippen molar-refractivity contribution in [3.63, 3.8) is 0 Å². The number of hydrogen-bond donors (Lipinski definition) is 0. The van der Waals surface area contributed by atoms with E-state index in [1.54, 1.807) is 24.3 Å². The number of nitrogens with zero attached hydrogens (tertiary/aromatic N) is 5. The summed E-state index contributed by atoms with van der Waals surface area (Å²) < 4.78 is 27.2. The molecule has 2 aliphatic rings. The maximum atomic E-state index is 12.9. The Morgan fingerprint density at radius 1 is 0.964 bits per heavy atom. The first-order valence-corrected chi connectivity index (χ1v) is 11.4. The number of sulfonamides is 1. The van der Waals surface area contributed by atoms with Gasteiger partial charge in [0.15, 0.2) is 11.6 Å². The molecule has 0 radical (unpaired) electrons. The molecule has 0 unspecified atom stereocenters. The zero-order chi connectivity index (χ0) is 19.7. The van der Waals surface area contributed by atoms with Crippen molar-refractivity contribution >= 4 is 33.3 Å². The molecule has 0 amide bonds. The van der Waals surface area contributed by atoms with Crippen molar-refractivity contribution in [1.82, 2.24) is 14.5 Å². The Kier molecular flexibility index (Phi) is 5.44. The first-order valence-electron chi connectivity index (χ1n) is 9.57. The first-order chi connectivity index (χ1) is 13.5. The van der Waals surface area contributed by atoms with Gasteiger partial charge in [0, 0.05) is 38.8 Å². The van der Waals surface area contributed by atoms with E-state index in [0.29, 0.717) is 32.2 Å². The van der Waals surface area contributed by atoms with Crippen LogP contribution in [0.3, 0.4) is 0 Å². The molecule has 150 valence electrons. The number of anilines is 2. The molecule has 0 bridgehead atoms. The third-order valence-electron chi connectivity index (χ3n) is 5.50. The SMILES string of the molecule is C[C@H]1CCCN1c1ccc(N2CCN(S(=O)(=O)c3ccccc3Cl)CC2)nn1. The van der Waals surface area contributed by atoms with Crippen molar-refractivity contribution < 1.29 is 8.42 Å². The standard InChI is InChI=1S/C19H24ClN5O2S/c1-15-5-4-10-25(15)19-9-8-18(21-22-19)23-11-13-24(14-12-23)28(26,27)17-7-3-2-6-16(17)20/h2-3,6-9,15H,4-5,10-14H2,1H3/t15-/m0/s1. The van der Waals surface area contributed by atoms with Gasteiger partial charge in [-0.25, -0.2) is 8.42 Å². The Hall–Kier alpha value is -1.90. The Balaban J connectivity index is 1.42. The molecule has 1 aromatic heterocycles.